The van der Waals surface area contributed by atoms with E-state index in [-0.39, 0.29) is 18.9 Å². The SMILES string of the molecule is CC1(C)CN(C(=O)CC#N)CC(F)C1ON. The molecule has 2 N–H and O–H groups in total. The van der Waals surface area contributed by atoms with Crippen LogP contribution < -0.4 is 5.90 Å². The first kappa shape index (κ1) is 12.9. The summed E-state index contributed by atoms with van der Waals surface area (Å²) in [5.74, 6) is 4.70. The summed E-state index contributed by atoms with van der Waals surface area (Å²) in [6.45, 7) is 3.84. The first-order chi connectivity index (χ1) is 7.42. The van der Waals surface area contributed by atoms with Gasteiger partial charge in [0, 0.05) is 12.0 Å². The predicted octanol–water partition coefficient (Wildman–Crippen LogP) is 0.365. The molecule has 2 unspecified atom stereocenters. The van der Waals surface area contributed by atoms with Gasteiger partial charge >= 0.3 is 0 Å². The summed E-state index contributed by atoms with van der Waals surface area (Å²) >= 11 is 0. The van der Waals surface area contributed by atoms with Gasteiger partial charge in [0.25, 0.3) is 0 Å². The van der Waals surface area contributed by atoms with Crippen molar-refractivity contribution in [3.8, 4) is 6.07 Å². The fourth-order valence-corrected chi connectivity index (χ4v) is 2.08. The van der Waals surface area contributed by atoms with Crippen molar-refractivity contribution in [3.05, 3.63) is 0 Å². The summed E-state index contributed by atoms with van der Waals surface area (Å²) in [7, 11) is 0. The standard InChI is InChI=1S/C10H16FN3O2/c1-10(2)6-14(8(15)3-4-12)5-7(11)9(10)16-13/h7,9H,3,5-6,13H2,1-2H3. The summed E-state index contributed by atoms with van der Waals surface area (Å²) in [4.78, 5) is 17.5. The molecule has 1 saturated heterocycles. The molecule has 2 atom stereocenters. The maximum absolute atomic E-state index is 13.7. The fourth-order valence-electron chi connectivity index (χ4n) is 2.08. The highest BCUT2D eigenvalue weighted by Gasteiger charge is 2.44. The van der Waals surface area contributed by atoms with Crippen LogP contribution in [0.3, 0.4) is 0 Å². The van der Waals surface area contributed by atoms with E-state index in [1.807, 2.05) is 0 Å². The molecule has 1 heterocycles. The van der Waals surface area contributed by atoms with Crippen molar-refractivity contribution in [1.29, 1.82) is 5.26 Å². The normalized spacial score (nSPS) is 28.6. The summed E-state index contributed by atoms with van der Waals surface area (Å²) in [5.41, 5.74) is -0.558. The smallest absolute Gasteiger partial charge is 0.236 e. The number of alkyl halides is 1. The molecule has 0 saturated carbocycles. The maximum Gasteiger partial charge on any atom is 0.236 e. The van der Waals surface area contributed by atoms with Crippen molar-refractivity contribution in [2.45, 2.75) is 32.5 Å². The Morgan fingerprint density at radius 1 is 1.75 bits per heavy atom. The van der Waals surface area contributed by atoms with Gasteiger partial charge < -0.3 is 4.90 Å². The second-order valence-electron chi connectivity index (χ2n) is 4.67. The van der Waals surface area contributed by atoms with Gasteiger partial charge in [0.2, 0.25) is 5.91 Å². The van der Waals surface area contributed by atoms with E-state index in [9.17, 15) is 9.18 Å². The number of carbonyl (C=O) groups is 1. The van der Waals surface area contributed by atoms with Gasteiger partial charge in [-0.1, -0.05) is 13.8 Å². The minimum absolute atomic E-state index is 0.0637. The van der Waals surface area contributed by atoms with Gasteiger partial charge in [-0.25, -0.2) is 10.3 Å². The average Bonchev–Trinajstić information content (AvgIpc) is 2.16. The lowest BCUT2D eigenvalue weighted by molar-refractivity contribution is -0.150. The average molecular weight is 229 g/mol. The van der Waals surface area contributed by atoms with Gasteiger partial charge in [-0.15, -0.1) is 0 Å². The predicted molar refractivity (Wildman–Crippen MR) is 54.5 cm³/mol. The second-order valence-corrected chi connectivity index (χ2v) is 4.67. The topological polar surface area (TPSA) is 79.3 Å². The molecule has 0 radical (unpaired) electrons. The Morgan fingerprint density at radius 3 is 2.81 bits per heavy atom. The Bertz CT molecular complexity index is 314. The molecule has 1 amide bonds. The molecule has 0 spiro atoms. The Balaban J connectivity index is 2.76. The number of nitrogens with two attached hydrogens (primary N) is 1. The minimum atomic E-state index is -1.32. The van der Waals surface area contributed by atoms with E-state index in [1.54, 1.807) is 19.9 Å². The van der Waals surface area contributed by atoms with Gasteiger partial charge in [-0.05, 0) is 0 Å². The van der Waals surface area contributed by atoms with Gasteiger partial charge in [0.1, 0.15) is 18.7 Å². The second kappa shape index (κ2) is 4.76. The number of halogens is 1. The van der Waals surface area contributed by atoms with E-state index in [2.05, 4.69) is 4.84 Å². The largest absolute Gasteiger partial charge is 0.338 e. The van der Waals surface area contributed by atoms with Crippen molar-refractivity contribution in [1.82, 2.24) is 4.90 Å². The third-order valence-corrected chi connectivity index (χ3v) is 2.82. The Labute approximate surface area is 93.9 Å². The molecule has 1 aliphatic heterocycles. The first-order valence-electron chi connectivity index (χ1n) is 5.06. The van der Waals surface area contributed by atoms with Crippen LogP contribution in [-0.4, -0.2) is 36.2 Å². The first-order valence-corrected chi connectivity index (χ1v) is 5.06. The van der Waals surface area contributed by atoms with Crippen LogP contribution in [0.1, 0.15) is 20.3 Å². The molecule has 5 nitrogen and oxygen atoms in total. The molecule has 1 rings (SSSR count). The van der Waals surface area contributed by atoms with E-state index < -0.39 is 17.7 Å². The zero-order valence-electron chi connectivity index (χ0n) is 9.44. The molecule has 0 aromatic rings. The number of carbonyl (C=O) groups excluding carboxylic acids is 1. The number of nitriles is 1. The summed E-state index contributed by atoms with van der Waals surface area (Å²) in [6.07, 6.45) is -2.27. The van der Waals surface area contributed by atoms with Crippen molar-refractivity contribution in [3.63, 3.8) is 0 Å². The molecule has 1 aliphatic rings. The lowest BCUT2D eigenvalue weighted by atomic mass is 9.80. The highest BCUT2D eigenvalue weighted by atomic mass is 19.1. The molecular formula is C10H16FN3O2. The van der Waals surface area contributed by atoms with Crippen molar-refractivity contribution >= 4 is 5.91 Å². The third-order valence-electron chi connectivity index (χ3n) is 2.82. The highest BCUT2D eigenvalue weighted by Crippen LogP contribution is 2.32. The van der Waals surface area contributed by atoms with E-state index >= 15 is 0 Å². The zero-order valence-corrected chi connectivity index (χ0v) is 9.44. The number of nitrogens with zero attached hydrogens (tertiary/aromatic N) is 2. The zero-order chi connectivity index (χ0) is 12.3. The van der Waals surface area contributed by atoms with Crippen molar-refractivity contribution < 1.29 is 14.0 Å². The number of piperidine rings is 1. The van der Waals surface area contributed by atoms with Crippen molar-refractivity contribution in [2.75, 3.05) is 13.1 Å². The number of hydrogen-bond acceptors (Lipinski definition) is 4. The Morgan fingerprint density at radius 2 is 2.38 bits per heavy atom. The summed E-state index contributed by atoms with van der Waals surface area (Å²) < 4.78 is 13.7. The summed E-state index contributed by atoms with van der Waals surface area (Å²) in [6, 6.07) is 1.76. The minimum Gasteiger partial charge on any atom is -0.338 e. The monoisotopic (exact) mass is 229 g/mol. The number of rotatable bonds is 2. The molecule has 90 valence electrons. The molecule has 0 aromatic carbocycles. The molecule has 6 heteroatoms. The van der Waals surface area contributed by atoms with E-state index in [0.29, 0.717) is 6.54 Å². The molecule has 0 bridgehead atoms. The quantitative estimate of drug-likeness (QED) is 0.693. The molecule has 0 aromatic heterocycles. The lowest BCUT2D eigenvalue weighted by Crippen LogP contribution is -2.58. The van der Waals surface area contributed by atoms with Crippen molar-refractivity contribution in [2.24, 2.45) is 11.3 Å². The maximum atomic E-state index is 13.7. The van der Waals surface area contributed by atoms with Crippen LogP contribution in [0.25, 0.3) is 0 Å². The Hall–Kier alpha value is -1.19. The van der Waals surface area contributed by atoms with Crippen LogP contribution >= 0.6 is 0 Å². The number of amides is 1. The third kappa shape index (κ3) is 2.49. The van der Waals surface area contributed by atoms with Crippen LogP contribution in [0.15, 0.2) is 0 Å². The van der Waals surface area contributed by atoms with Crippen LogP contribution in [0.4, 0.5) is 4.39 Å². The molecule has 1 fully saturated rings. The van der Waals surface area contributed by atoms with Gasteiger partial charge in [0.05, 0.1) is 12.6 Å². The lowest BCUT2D eigenvalue weighted by Gasteiger charge is -2.44. The van der Waals surface area contributed by atoms with Crippen LogP contribution in [-0.2, 0) is 9.63 Å². The number of hydrogen-bond donors (Lipinski definition) is 1. The van der Waals surface area contributed by atoms with E-state index in [4.69, 9.17) is 11.2 Å². The number of likely N-dealkylation sites (tertiary alicyclic amines) is 1. The Kier molecular flexibility index (Phi) is 3.83. The molecule has 16 heavy (non-hydrogen) atoms. The van der Waals surface area contributed by atoms with Crippen LogP contribution in [0.5, 0.6) is 0 Å². The van der Waals surface area contributed by atoms with Crippen LogP contribution in [0.2, 0.25) is 0 Å². The fraction of sp³-hybridized carbons (Fsp3) is 0.800. The summed E-state index contributed by atoms with van der Waals surface area (Å²) in [5, 5.41) is 8.43. The van der Waals surface area contributed by atoms with Gasteiger partial charge in [-0.3, -0.25) is 9.63 Å². The van der Waals surface area contributed by atoms with Gasteiger partial charge in [0.15, 0.2) is 0 Å². The van der Waals surface area contributed by atoms with E-state index in [0.717, 1.165) is 0 Å². The van der Waals surface area contributed by atoms with Gasteiger partial charge in [-0.2, -0.15) is 5.26 Å². The molecule has 0 aliphatic carbocycles. The molecular weight excluding hydrogens is 213 g/mol. The van der Waals surface area contributed by atoms with Crippen LogP contribution in [0, 0.1) is 16.7 Å². The highest BCUT2D eigenvalue weighted by molar-refractivity contribution is 5.78. The van der Waals surface area contributed by atoms with E-state index in [1.165, 1.54) is 4.90 Å².